The van der Waals surface area contributed by atoms with Gasteiger partial charge in [0.25, 0.3) is 0 Å². The van der Waals surface area contributed by atoms with Crippen molar-refractivity contribution in [3.8, 4) is 11.3 Å². The summed E-state index contributed by atoms with van der Waals surface area (Å²) in [6.45, 7) is 0. The van der Waals surface area contributed by atoms with Gasteiger partial charge in [0.2, 0.25) is 0 Å². The van der Waals surface area contributed by atoms with E-state index in [4.69, 9.17) is 5.73 Å². The molecule has 1 atom stereocenters. The number of hydrogen-bond acceptors (Lipinski definition) is 4. The normalized spacial score (nSPS) is 12.3. The van der Waals surface area contributed by atoms with Crippen molar-refractivity contribution in [2.75, 3.05) is 5.73 Å². The number of anilines is 1. The Hall–Kier alpha value is -2.24. The molecule has 0 bridgehead atoms. The Morgan fingerprint density at radius 3 is 2.38 bits per heavy atom. The van der Waals surface area contributed by atoms with Crippen LogP contribution in [0.3, 0.4) is 0 Å². The van der Waals surface area contributed by atoms with Crippen molar-refractivity contribution in [1.82, 2.24) is 4.37 Å². The fraction of sp³-hybridized carbons (Fsp3) is 0.0625. The van der Waals surface area contributed by atoms with Crippen LogP contribution in [-0.2, 0) is 0 Å². The number of benzene rings is 2. The Labute approximate surface area is 125 Å². The van der Waals surface area contributed by atoms with Crippen LogP contribution in [0.2, 0.25) is 0 Å². The van der Waals surface area contributed by atoms with E-state index in [1.54, 1.807) is 12.1 Å². The second-order valence-corrected chi connectivity index (χ2v) is 5.43. The third-order valence-electron chi connectivity index (χ3n) is 3.24. The number of rotatable bonds is 3. The van der Waals surface area contributed by atoms with Crippen molar-refractivity contribution < 1.29 is 9.50 Å². The largest absolute Gasteiger partial charge is 0.396 e. The lowest BCUT2D eigenvalue weighted by atomic mass is 10.0. The smallest absolute Gasteiger partial charge is 0.123 e. The predicted octanol–water partition coefficient (Wildman–Crippen LogP) is 3.61. The van der Waals surface area contributed by atoms with Crippen LogP contribution in [0.15, 0.2) is 54.6 Å². The van der Waals surface area contributed by atoms with Crippen LogP contribution >= 0.6 is 11.5 Å². The molecule has 3 N–H and O–H groups in total. The molecule has 0 saturated carbocycles. The summed E-state index contributed by atoms with van der Waals surface area (Å²) in [6, 6.07) is 15.2. The van der Waals surface area contributed by atoms with Crippen molar-refractivity contribution in [3.63, 3.8) is 0 Å². The van der Waals surface area contributed by atoms with Crippen LogP contribution in [-0.4, -0.2) is 9.48 Å². The quantitative estimate of drug-likeness (QED) is 0.777. The summed E-state index contributed by atoms with van der Waals surface area (Å²) in [5.74, 6) is -0.308. The van der Waals surface area contributed by atoms with E-state index in [1.165, 1.54) is 12.1 Å². The third kappa shape index (κ3) is 2.66. The number of aromatic nitrogens is 1. The average Bonchev–Trinajstić information content (AvgIpc) is 2.90. The summed E-state index contributed by atoms with van der Waals surface area (Å²) in [5.41, 5.74) is 8.61. The number of aliphatic hydroxyl groups is 1. The first-order chi connectivity index (χ1) is 10.2. The zero-order valence-electron chi connectivity index (χ0n) is 11.0. The Morgan fingerprint density at radius 1 is 1.05 bits per heavy atom. The molecule has 1 aromatic heterocycles. The molecule has 5 heteroatoms. The van der Waals surface area contributed by atoms with E-state index in [9.17, 15) is 9.50 Å². The van der Waals surface area contributed by atoms with Gasteiger partial charge in [-0.05, 0) is 41.4 Å². The van der Waals surface area contributed by atoms with Gasteiger partial charge in [0.05, 0.1) is 10.6 Å². The Balaban J connectivity index is 1.98. The third-order valence-corrected chi connectivity index (χ3v) is 4.15. The summed E-state index contributed by atoms with van der Waals surface area (Å²) in [7, 11) is 0. The predicted molar refractivity (Wildman–Crippen MR) is 82.4 cm³/mol. The number of nitrogens with two attached hydrogens (primary N) is 1. The molecular weight excluding hydrogens is 287 g/mol. The molecule has 3 rings (SSSR count). The van der Waals surface area contributed by atoms with Crippen molar-refractivity contribution >= 4 is 17.2 Å². The van der Waals surface area contributed by atoms with Crippen molar-refractivity contribution in [3.05, 3.63) is 70.9 Å². The number of nitrogens with zero attached hydrogens (tertiary/aromatic N) is 1. The van der Waals surface area contributed by atoms with E-state index < -0.39 is 6.10 Å². The van der Waals surface area contributed by atoms with E-state index in [0.29, 0.717) is 16.3 Å². The van der Waals surface area contributed by atoms with Crippen molar-refractivity contribution in [1.29, 1.82) is 0 Å². The lowest BCUT2D eigenvalue weighted by molar-refractivity contribution is 0.225. The fourth-order valence-corrected chi connectivity index (χ4v) is 2.93. The molecule has 21 heavy (non-hydrogen) atoms. The van der Waals surface area contributed by atoms with Gasteiger partial charge >= 0.3 is 0 Å². The van der Waals surface area contributed by atoms with Crippen LogP contribution < -0.4 is 5.73 Å². The first-order valence-electron chi connectivity index (χ1n) is 6.41. The van der Waals surface area contributed by atoms with Gasteiger partial charge in [0.1, 0.15) is 17.6 Å². The molecule has 0 aliphatic heterocycles. The van der Waals surface area contributed by atoms with Gasteiger partial charge in [-0.3, -0.25) is 0 Å². The summed E-state index contributed by atoms with van der Waals surface area (Å²) in [5, 5.41) is 10.4. The monoisotopic (exact) mass is 300 g/mol. The molecule has 0 radical (unpaired) electrons. The van der Waals surface area contributed by atoms with Crippen LogP contribution in [0.1, 0.15) is 16.5 Å². The van der Waals surface area contributed by atoms with Gasteiger partial charge in [-0.2, -0.15) is 4.37 Å². The standard InChI is InChI=1S/C16H13FN2OS/c17-12-8-6-10(7-9-12)14-13(18)16(21-19-14)15(20)11-4-2-1-3-5-11/h1-9,15,20H,18H2. The maximum Gasteiger partial charge on any atom is 0.123 e. The zero-order valence-corrected chi connectivity index (χ0v) is 11.8. The molecule has 106 valence electrons. The number of hydrogen-bond donors (Lipinski definition) is 2. The zero-order chi connectivity index (χ0) is 14.8. The summed E-state index contributed by atoms with van der Waals surface area (Å²) >= 11 is 1.16. The lowest BCUT2D eigenvalue weighted by Crippen LogP contribution is -2.00. The summed E-state index contributed by atoms with van der Waals surface area (Å²) < 4.78 is 17.3. The Bertz CT molecular complexity index is 741. The highest BCUT2D eigenvalue weighted by Crippen LogP contribution is 2.36. The summed E-state index contributed by atoms with van der Waals surface area (Å²) in [6.07, 6.45) is -0.808. The van der Waals surface area contributed by atoms with E-state index in [0.717, 1.165) is 22.7 Å². The van der Waals surface area contributed by atoms with E-state index in [-0.39, 0.29) is 5.82 Å². The first kappa shape index (κ1) is 13.7. The second-order valence-electron chi connectivity index (χ2n) is 4.63. The molecule has 2 aromatic carbocycles. The molecule has 0 fully saturated rings. The first-order valence-corrected chi connectivity index (χ1v) is 7.18. The topological polar surface area (TPSA) is 59.1 Å². The van der Waals surface area contributed by atoms with E-state index in [1.807, 2.05) is 30.3 Å². The number of aliphatic hydroxyl groups excluding tert-OH is 1. The van der Waals surface area contributed by atoms with Crippen LogP contribution in [0.4, 0.5) is 10.1 Å². The van der Waals surface area contributed by atoms with E-state index >= 15 is 0 Å². The van der Waals surface area contributed by atoms with E-state index in [2.05, 4.69) is 4.37 Å². The van der Waals surface area contributed by atoms with Gasteiger partial charge in [0.15, 0.2) is 0 Å². The molecule has 3 aromatic rings. The molecule has 1 heterocycles. The minimum atomic E-state index is -0.808. The molecule has 0 aliphatic carbocycles. The molecular formula is C16H13FN2OS. The average molecular weight is 300 g/mol. The number of nitrogen functional groups attached to an aromatic ring is 1. The van der Waals surface area contributed by atoms with Crippen molar-refractivity contribution in [2.24, 2.45) is 0 Å². The van der Waals surface area contributed by atoms with Gasteiger partial charge in [-0.1, -0.05) is 30.3 Å². The Morgan fingerprint density at radius 2 is 1.71 bits per heavy atom. The minimum Gasteiger partial charge on any atom is -0.396 e. The molecule has 0 aliphatic rings. The minimum absolute atomic E-state index is 0.308. The highest BCUT2D eigenvalue weighted by atomic mass is 32.1. The number of halogens is 1. The van der Waals surface area contributed by atoms with Gasteiger partial charge in [0, 0.05) is 5.56 Å². The maximum atomic E-state index is 13.0. The molecule has 0 amide bonds. The summed E-state index contributed by atoms with van der Waals surface area (Å²) in [4.78, 5) is 0.598. The Kier molecular flexibility index (Phi) is 3.68. The molecule has 0 saturated heterocycles. The fourth-order valence-electron chi connectivity index (χ4n) is 2.11. The highest BCUT2D eigenvalue weighted by molar-refractivity contribution is 7.06. The highest BCUT2D eigenvalue weighted by Gasteiger charge is 2.20. The van der Waals surface area contributed by atoms with Gasteiger partial charge in [-0.25, -0.2) is 4.39 Å². The molecule has 0 spiro atoms. The van der Waals surface area contributed by atoms with Crippen LogP contribution in [0.5, 0.6) is 0 Å². The van der Waals surface area contributed by atoms with Crippen molar-refractivity contribution in [2.45, 2.75) is 6.10 Å². The van der Waals surface area contributed by atoms with Gasteiger partial charge in [-0.15, -0.1) is 0 Å². The van der Waals surface area contributed by atoms with Gasteiger partial charge < -0.3 is 10.8 Å². The maximum absolute atomic E-state index is 13.0. The van der Waals surface area contributed by atoms with Crippen LogP contribution in [0, 0.1) is 5.82 Å². The second kappa shape index (κ2) is 5.63. The SMILES string of the molecule is Nc1c(-c2ccc(F)cc2)nsc1C(O)c1ccccc1. The molecule has 1 unspecified atom stereocenters. The molecule has 3 nitrogen and oxygen atoms in total. The lowest BCUT2D eigenvalue weighted by Gasteiger charge is -2.09. The van der Waals surface area contributed by atoms with Crippen LogP contribution in [0.25, 0.3) is 11.3 Å².